The van der Waals surface area contributed by atoms with E-state index in [0.29, 0.717) is 11.1 Å². The lowest BCUT2D eigenvalue weighted by Gasteiger charge is -2.27. The molecule has 2 heterocycles. The third-order valence-corrected chi connectivity index (χ3v) is 6.05. The van der Waals surface area contributed by atoms with E-state index in [1.807, 2.05) is 0 Å². The Bertz CT molecular complexity index is 1530. The minimum Gasteiger partial charge on any atom is -0.390 e. The Labute approximate surface area is 208 Å². The van der Waals surface area contributed by atoms with Crippen LogP contribution in [0, 0.1) is 18.6 Å². The van der Waals surface area contributed by atoms with Gasteiger partial charge in [-0.25, -0.2) is 22.1 Å². The number of aliphatic hydroxyl groups is 1. The Morgan fingerprint density at radius 3 is 2.43 bits per heavy atom. The number of hydrogen-bond acceptors (Lipinski definition) is 4. The van der Waals surface area contributed by atoms with Crippen molar-refractivity contribution in [2.75, 3.05) is 6.61 Å². The number of alkyl halides is 2. The van der Waals surface area contributed by atoms with Crippen LogP contribution < -0.4 is 10.9 Å². The largest absolute Gasteiger partial charge is 0.390 e. The maximum absolute atomic E-state index is 14.7. The van der Waals surface area contributed by atoms with Gasteiger partial charge in [0.1, 0.15) is 29.8 Å². The summed E-state index contributed by atoms with van der Waals surface area (Å²) in [6.45, 7) is 3.45. The molecule has 2 aromatic heterocycles. The van der Waals surface area contributed by atoms with Crippen molar-refractivity contribution in [2.24, 2.45) is 0 Å². The van der Waals surface area contributed by atoms with Crippen LogP contribution in [0.5, 0.6) is 0 Å². The number of nitrogens with one attached hydrogen (secondary N) is 2. The number of aryl methyl sites for hydroxylation is 1. The van der Waals surface area contributed by atoms with E-state index in [0.717, 1.165) is 24.3 Å². The number of aromatic amines is 1. The summed E-state index contributed by atoms with van der Waals surface area (Å²) in [7, 11) is 0. The molecule has 11 heteroatoms. The molecule has 3 N–H and O–H groups in total. The molecule has 4 aromatic rings. The molecule has 1 unspecified atom stereocenters. The molecule has 4 rings (SSSR count). The van der Waals surface area contributed by atoms with Crippen molar-refractivity contribution in [1.29, 1.82) is 0 Å². The number of fused-ring (bicyclic) bond motifs is 1. The molecule has 1 amide bonds. The first kappa shape index (κ1) is 26.1. The molecule has 0 aliphatic carbocycles. The van der Waals surface area contributed by atoms with Crippen LogP contribution in [0.25, 0.3) is 16.9 Å². The van der Waals surface area contributed by atoms with Crippen LogP contribution in [0.15, 0.2) is 53.5 Å². The van der Waals surface area contributed by atoms with Crippen LogP contribution in [-0.2, 0) is 0 Å². The highest BCUT2D eigenvalue weighted by atomic mass is 19.3. The first-order chi connectivity index (χ1) is 17.4. The number of hydrogen-bond donors (Lipinski definition) is 3. The number of nitrogens with zero attached hydrogens (tertiary/aromatic N) is 2. The monoisotopic (exact) mass is 516 g/mol. The average molecular weight is 516 g/mol. The molecular weight excluding hydrogens is 492 g/mol. The molecule has 194 valence electrons. The van der Waals surface area contributed by atoms with Crippen molar-refractivity contribution >= 4 is 11.4 Å². The molecule has 2 aromatic carbocycles. The topological polar surface area (TPSA) is 99.5 Å². The van der Waals surface area contributed by atoms with Crippen LogP contribution >= 0.6 is 0 Å². The zero-order chi connectivity index (χ0) is 27.1. The van der Waals surface area contributed by atoms with E-state index in [9.17, 15) is 32.3 Å². The first-order valence-electron chi connectivity index (χ1n) is 11.4. The summed E-state index contributed by atoms with van der Waals surface area (Å²) in [4.78, 5) is 29.0. The summed E-state index contributed by atoms with van der Waals surface area (Å²) in [5.74, 6) is -6.04. The SMILES string of the molecule is Cc1cc(-c2nn3cc(C(=O)NC(c4ccc(F)cc4)C(F)(F)CO)c(C(C)C)c3c(=O)[nH]2)ccc1F. The van der Waals surface area contributed by atoms with Gasteiger partial charge in [-0.05, 0) is 54.3 Å². The molecule has 7 nitrogen and oxygen atoms in total. The second-order valence-electron chi connectivity index (χ2n) is 9.05. The van der Waals surface area contributed by atoms with Gasteiger partial charge in [-0.3, -0.25) is 9.59 Å². The molecule has 0 aliphatic rings. The van der Waals surface area contributed by atoms with E-state index in [-0.39, 0.29) is 33.9 Å². The van der Waals surface area contributed by atoms with Crippen LogP contribution in [-0.4, -0.2) is 38.1 Å². The highest BCUT2D eigenvalue weighted by Gasteiger charge is 2.41. The zero-order valence-electron chi connectivity index (χ0n) is 20.2. The summed E-state index contributed by atoms with van der Waals surface area (Å²) in [6, 6.07) is 6.32. The summed E-state index contributed by atoms with van der Waals surface area (Å²) >= 11 is 0. The summed E-state index contributed by atoms with van der Waals surface area (Å²) < 4.78 is 57.6. The van der Waals surface area contributed by atoms with Gasteiger partial charge in [-0.1, -0.05) is 26.0 Å². The Morgan fingerprint density at radius 1 is 1.16 bits per heavy atom. The fourth-order valence-corrected chi connectivity index (χ4v) is 4.19. The molecule has 1 atom stereocenters. The quantitative estimate of drug-likeness (QED) is 0.315. The van der Waals surface area contributed by atoms with Crippen LogP contribution in [0.3, 0.4) is 0 Å². The van der Waals surface area contributed by atoms with Crippen molar-refractivity contribution in [2.45, 2.75) is 38.7 Å². The van der Waals surface area contributed by atoms with Crippen LogP contribution in [0.1, 0.15) is 52.9 Å². The van der Waals surface area contributed by atoms with Crippen molar-refractivity contribution in [3.8, 4) is 11.4 Å². The van der Waals surface area contributed by atoms with Crippen molar-refractivity contribution in [3.05, 3.63) is 92.9 Å². The van der Waals surface area contributed by atoms with Gasteiger partial charge in [0.25, 0.3) is 17.4 Å². The number of amides is 1. The lowest BCUT2D eigenvalue weighted by molar-refractivity contribution is -0.0785. The smallest absolute Gasteiger partial charge is 0.294 e. The number of aromatic nitrogens is 3. The third kappa shape index (κ3) is 4.99. The van der Waals surface area contributed by atoms with Gasteiger partial charge in [0, 0.05) is 17.3 Å². The van der Waals surface area contributed by atoms with Crippen LogP contribution in [0.4, 0.5) is 17.6 Å². The summed E-state index contributed by atoms with van der Waals surface area (Å²) in [5.41, 5.74) is 0.337. The van der Waals surface area contributed by atoms with Gasteiger partial charge < -0.3 is 15.4 Å². The normalized spacial score (nSPS) is 12.8. The molecule has 37 heavy (non-hydrogen) atoms. The lowest BCUT2D eigenvalue weighted by Crippen LogP contribution is -2.43. The fourth-order valence-electron chi connectivity index (χ4n) is 4.19. The predicted octanol–water partition coefficient (Wildman–Crippen LogP) is 4.50. The number of carbonyl (C=O) groups is 1. The molecule has 0 spiro atoms. The second kappa shape index (κ2) is 9.81. The van der Waals surface area contributed by atoms with E-state index in [2.05, 4.69) is 15.4 Å². The van der Waals surface area contributed by atoms with E-state index in [4.69, 9.17) is 0 Å². The van der Waals surface area contributed by atoms with E-state index >= 15 is 0 Å². The zero-order valence-corrected chi connectivity index (χ0v) is 20.2. The van der Waals surface area contributed by atoms with Gasteiger partial charge in [-0.15, -0.1) is 5.10 Å². The fraction of sp³-hybridized carbons (Fsp3) is 0.269. The minimum absolute atomic E-state index is 0.0509. The second-order valence-corrected chi connectivity index (χ2v) is 9.05. The minimum atomic E-state index is -3.77. The standard InChI is InChI=1S/C26H24F4N4O3/c1-13(2)20-18(24(36)31-22(26(29,30)12-35)15-4-7-17(27)8-5-15)11-34-21(20)25(37)32-23(33-34)16-6-9-19(28)14(3)10-16/h4-11,13,22,35H,12H2,1-3H3,(H,31,36)(H,32,33,37). The van der Waals surface area contributed by atoms with Gasteiger partial charge in [0.15, 0.2) is 5.82 Å². The predicted molar refractivity (Wildman–Crippen MR) is 129 cm³/mol. The average Bonchev–Trinajstić information content (AvgIpc) is 3.25. The van der Waals surface area contributed by atoms with Crippen LogP contribution in [0.2, 0.25) is 0 Å². The van der Waals surface area contributed by atoms with Gasteiger partial charge >= 0.3 is 0 Å². The number of H-pyrrole nitrogens is 1. The molecule has 0 saturated carbocycles. The number of halogens is 4. The highest BCUT2D eigenvalue weighted by molar-refractivity contribution is 5.98. The number of benzene rings is 2. The van der Waals surface area contributed by atoms with Gasteiger partial charge in [0.2, 0.25) is 0 Å². The summed E-state index contributed by atoms with van der Waals surface area (Å²) in [6.07, 6.45) is 1.26. The maximum atomic E-state index is 14.7. The Balaban J connectivity index is 1.81. The Kier molecular flexibility index (Phi) is 6.92. The highest BCUT2D eigenvalue weighted by Crippen LogP contribution is 2.33. The maximum Gasteiger partial charge on any atom is 0.294 e. The molecule has 0 fully saturated rings. The Hall–Kier alpha value is -3.99. The van der Waals surface area contributed by atoms with Crippen molar-refractivity contribution in [3.63, 3.8) is 0 Å². The van der Waals surface area contributed by atoms with E-state index in [1.165, 1.54) is 28.9 Å². The number of carbonyl (C=O) groups excluding carboxylic acids is 1. The van der Waals surface area contributed by atoms with Gasteiger partial charge in [-0.2, -0.15) is 0 Å². The van der Waals surface area contributed by atoms with Crippen molar-refractivity contribution < 1.29 is 27.5 Å². The molecule has 0 saturated heterocycles. The molecule has 0 bridgehead atoms. The number of rotatable bonds is 7. The molecule has 0 radical (unpaired) electrons. The molecular formula is C26H24F4N4O3. The van der Waals surface area contributed by atoms with Gasteiger partial charge in [0.05, 0.1) is 5.56 Å². The van der Waals surface area contributed by atoms with Crippen molar-refractivity contribution in [1.82, 2.24) is 19.9 Å². The van der Waals surface area contributed by atoms with E-state index in [1.54, 1.807) is 20.8 Å². The first-order valence-corrected chi connectivity index (χ1v) is 11.4. The summed E-state index contributed by atoms with van der Waals surface area (Å²) in [5, 5.41) is 15.9. The molecule has 0 aliphatic heterocycles. The number of aliphatic hydroxyl groups excluding tert-OH is 1. The van der Waals surface area contributed by atoms with E-state index < -0.39 is 41.7 Å². The Morgan fingerprint density at radius 2 is 1.84 bits per heavy atom. The lowest BCUT2D eigenvalue weighted by atomic mass is 9.97. The third-order valence-electron chi connectivity index (χ3n) is 6.05.